The number of aryl methyl sites for hydroxylation is 1. The van der Waals surface area contributed by atoms with Crippen molar-refractivity contribution in [1.29, 1.82) is 0 Å². The Morgan fingerprint density at radius 2 is 1.51 bits per heavy atom. The summed E-state index contributed by atoms with van der Waals surface area (Å²) in [5.74, 6) is 2.43. The van der Waals surface area contributed by atoms with Crippen molar-refractivity contribution in [2.75, 3.05) is 20.8 Å². The van der Waals surface area contributed by atoms with E-state index in [1.165, 1.54) is 0 Å². The van der Waals surface area contributed by atoms with Crippen LogP contribution in [0, 0.1) is 6.92 Å². The summed E-state index contributed by atoms with van der Waals surface area (Å²) in [5.41, 5.74) is 3.40. The Bertz CT molecular complexity index is 1230. The van der Waals surface area contributed by atoms with Crippen LogP contribution in [0.5, 0.6) is 23.0 Å². The minimum atomic E-state index is -1.02. The molecule has 0 fully saturated rings. The Hall–Kier alpha value is -4.46. The molecule has 0 amide bonds. The van der Waals surface area contributed by atoms with Crippen molar-refractivity contribution in [2.45, 2.75) is 13.5 Å². The Morgan fingerprint density at radius 3 is 2.11 bits per heavy atom. The van der Waals surface area contributed by atoms with Gasteiger partial charge < -0.3 is 24.1 Å². The van der Waals surface area contributed by atoms with Gasteiger partial charge in [0.1, 0.15) is 35.4 Å². The average Bonchev–Trinajstić information content (AvgIpc) is 3.31. The van der Waals surface area contributed by atoms with Crippen LogP contribution in [0.2, 0.25) is 0 Å². The quantitative estimate of drug-likeness (QED) is 0.349. The normalized spacial score (nSPS) is 10.6. The predicted octanol–water partition coefficient (Wildman–Crippen LogP) is 4.91. The van der Waals surface area contributed by atoms with Crippen molar-refractivity contribution in [1.82, 2.24) is 9.55 Å². The van der Waals surface area contributed by atoms with Gasteiger partial charge in [-0.05, 0) is 79.2 Å². The molecular weight excluding hydrogens is 448 g/mol. The van der Waals surface area contributed by atoms with Crippen molar-refractivity contribution in [3.8, 4) is 40.1 Å². The van der Waals surface area contributed by atoms with Gasteiger partial charge in [-0.3, -0.25) is 4.57 Å². The van der Waals surface area contributed by atoms with Crippen LogP contribution >= 0.6 is 0 Å². The van der Waals surface area contributed by atoms with Gasteiger partial charge in [-0.25, -0.2) is 9.78 Å². The highest BCUT2D eigenvalue weighted by Crippen LogP contribution is 2.28. The molecule has 0 aliphatic carbocycles. The molecule has 1 heterocycles. The van der Waals surface area contributed by atoms with E-state index >= 15 is 0 Å². The molecule has 3 aromatic carbocycles. The Kier molecular flexibility index (Phi) is 7.21. The highest BCUT2D eigenvalue weighted by molar-refractivity contribution is 5.68. The fourth-order valence-electron chi connectivity index (χ4n) is 3.55. The highest BCUT2D eigenvalue weighted by Gasteiger charge is 2.14. The fraction of sp³-hybridized carbons (Fsp3) is 0.185. The van der Waals surface area contributed by atoms with E-state index in [1.54, 1.807) is 26.4 Å². The van der Waals surface area contributed by atoms with Crippen LogP contribution in [0.25, 0.3) is 17.1 Å². The van der Waals surface area contributed by atoms with Crippen molar-refractivity contribution in [3.05, 3.63) is 84.2 Å². The van der Waals surface area contributed by atoms with E-state index in [0.717, 1.165) is 39.8 Å². The van der Waals surface area contributed by atoms with Crippen molar-refractivity contribution in [2.24, 2.45) is 0 Å². The van der Waals surface area contributed by atoms with E-state index in [1.807, 2.05) is 72.3 Å². The first-order valence-corrected chi connectivity index (χ1v) is 10.9. The Balaban J connectivity index is 1.58. The molecule has 0 saturated carbocycles. The van der Waals surface area contributed by atoms with Gasteiger partial charge >= 0.3 is 5.97 Å². The summed E-state index contributed by atoms with van der Waals surface area (Å²) in [6.45, 7) is 1.70. The maximum Gasteiger partial charge on any atom is 0.341 e. The number of imidazole rings is 1. The summed E-state index contributed by atoms with van der Waals surface area (Å²) in [5, 5.41) is 8.80. The molecule has 0 spiro atoms. The lowest BCUT2D eigenvalue weighted by molar-refractivity contribution is -0.139. The zero-order chi connectivity index (χ0) is 24.8. The molecule has 0 aliphatic rings. The summed E-state index contributed by atoms with van der Waals surface area (Å²) in [7, 11) is 3.27. The molecule has 8 heteroatoms. The van der Waals surface area contributed by atoms with E-state index in [-0.39, 0.29) is 6.61 Å². The molecular formula is C27H26N2O6. The Labute approximate surface area is 203 Å². The predicted molar refractivity (Wildman–Crippen MR) is 131 cm³/mol. The maximum atomic E-state index is 10.7. The van der Waals surface area contributed by atoms with Crippen LogP contribution < -0.4 is 18.9 Å². The number of aliphatic carboxylic acids is 1. The molecule has 4 rings (SSSR count). The summed E-state index contributed by atoms with van der Waals surface area (Å²) in [4.78, 5) is 15.6. The second-order valence-corrected chi connectivity index (χ2v) is 7.75. The van der Waals surface area contributed by atoms with Gasteiger partial charge in [0.25, 0.3) is 0 Å². The number of nitrogens with zero attached hydrogens (tertiary/aromatic N) is 2. The van der Waals surface area contributed by atoms with Crippen LogP contribution in [0.4, 0.5) is 0 Å². The van der Waals surface area contributed by atoms with Crippen LogP contribution in [-0.4, -0.2) is 41.5 Å². The molecule has 0 unspecified atom stereocenters. The third-order valence-electron chi connectivity index (χ3n) is 5.34. The molecule has 0 bridgehead atoms. The second kappa shape index (κ2) is 10.6. The van der Waals surface area contributed by atoms with Crippen molar-refractivity contribution >= 4 is 5.97 Å². The lowest BCUT2D eigenvalue weighted by Crippen LogP contribution is -2.10. The Morgan fingerprint density at radius 1 is 0.886 bits per heavy atom. The molecule has 0 radical (unpaired) electrons. The first-order valence-electron chi connectivity index (χ1n) is 10.9. The van der Waals surface area contributed by atoms with Gasteiger partial charge in [-0.15, -0.1) is 0 Å². The number of aromatic nitrogens is 2. The number of benzene rings is 3. The van der Waals surface area contributed by atoms with E-state index in [0.29, 0.717) is 11.5 Å². The van der Waals surface area contributed by atoms with Gasteiger partial charge in [0.2, 0.25) is 0 Å². The zero-order valence-electron chi connectivity index (χ0n) is 19.7. The van der Waals surface area contributed by atoms with Gasteiger partial charge in [-0.2, -0.15) is 0 Å². The number of hydrogen-bond donors (Lipinski definition) is 1. The monoisotopic (exact) mass is 474 g/mol. The summed E-state index contributed by atoms with van der Waals surface area (Å²) in [6, 6.07) is 20.7. The summed E-state index contributed by atoms with van der Waals surface area (Å²) >= 11 is 0. The summed E-state index contributed by atoms with van der Waals surface area (Å²) in [6.07, 6.45) is 1.94. The number of carbonyl (C=O) groups is 1. The lowest BCUT2D eigenvalue weighted by atomic mass is 10.2. The summed E-state index contributed by atoms with van der Waals surface area (Å²) < 4.78 is 23.8. The average molecular weight is 475 g/mol. The zero-order valence-corrected chi connectivity index (χ0v) is 19.7. The molecule has 0 atom stereocenters. The molecule has 0 aliphatic heterocycles. The van der Waals surface area contributed by atoms with Gasteiger partial charge in [0.05, 0.1) is 19.9 Å². The van der Waals surface area contributed by atoms with Crippen molar-refractivity contribution in [3.63, 3.8) is 0 Å². The maximum absolute atomic E-state index is 10.7. The SMILES string of the molecule is COc1ccc(-c2nc(COc3ccc(OCC(=O)O)c(C)c3)cn2-c2ccc(OC)cc2)cc1. The number of ether oxygens (including phenoxy) is 4. The standard InChI is InChI=1S/C27H26N2O6/c1-18-14-24(12-13-25(18)35-17-26(30)31)34-16-20-15-29(21-6-10-23(33-3)11-7-21)27(28-20)19-4-8-22(32-2)9-5-19/h4-15H,16-17H2,1-3H3,(H,30,31). The van der Waals surface area contributed by atoms with E-state index < -0.39 is 12.6 Å². The molecule has 35 heavy (non-hydrogen) atoms. The number of carboxylic acid groups (broad SMARTS) is 1. The number of rotatable bonds is 10. The minimum Gasteiger partial charge on any atom is -0.497 e. The molecule has 8 nitrogen and oxygen atoms in total. The minimum absolute atomic E-state index is 0.251. The third-order valence-corrected chi connectivity index (χ3v) is 5.34. The lowest BCUT2D eigenvalue weighted by Gasteiger charge is -2.10. The third kappa shape index (κ3) is 5.73. The molecule has 1 N–H and O–H groups in total. The number of carboxylic acids is 1. The van der Waals surface area contributed by atoms with Crippen LogP contribution in [-0.2, 0) is 11.4 Å². The van der Waals surface area contributed by atoms with Gasteiger partial charge in [0.15, 0.2) is 6.61 Å². The van der Waals surface area contributed by atoms with E-state index in [2.05, 4.69) is 0 Å². The van der Waals surface area contributed by atoms with Crippen LogP contribution in [0.15, 0.2) is 72.9 Å². The van der Waals surface area contributed by atoms with E-state index in [4.69, 9.17) is 29.0 Å². The van der Waals surface area contributed by atoms with Crippen LogP contribution in [0.3, 0.4) is 0 Å². The second-order valence-electron chi connectivity index (χ2n) is 7.75. The fourth-order valence-corrected chi connectivity index (χ4v) is 3.55. The largest absolute Gasteiger partial charge is 0.497 e. The molecule has 4 aromatic rings. The number of methoxy groups -OCH3 is 2. The first-order chi connectivity index (χ1) is 17.0. The van der Waals surface area contributed by atoms with Crippen LogP contribution in [0.1, 0.15) is 11.3 Å². The topological polar surface area (TPSA) is 92.0 Å². The van der Waals surface area contributed by atoms with E-state index in [9.17, 15) is 4.79 Å². The number of hydrogen-bond acceptors (Lipinski definition) is 6. The highest BCUT2D eigenvalue weighted by atomic mass is 16.5. The van der Waals surface area contributed by atoms with Gasteiger partial charge in [0, 0.05) is 17.4 Å². The van der Waals surface area contributed by atoms with Crippen molar-refractivity contribution < 1.29 is 28.8 Å². The molecule has 1 aromatic heterocycles. The van der Waals surface area contributed by atoms with Gasteiger partial charge in [-0.1, -0.05) is 0 Å². The molecule has 0 saturated heterocycles. The molecule has 180 valence electrons. The smallest absolute Gasteiger partial charge is 0.341 e. The first kappa shape index (κ1) is 23.7.